The highest BCUT2D eigenvalue weighted by Gasteiger charge is 2.39. The van der Waals surface area contributed by atoms with E-state index in [1.807, 2.05) is 6.07 Å². The summed E-state index contributed by atoms with van der Waals surface area (Å²) in [5.41, 5.74) is 5.94. The van der Waals surface area contributed by atoms with E-state index in [9.17, 15) is 9.90 Å². The minimum absolute atomic E-state index is 0.0832. The first kappa shape index (κ1) is 12.4. The van der Waals surface area contributed by atoms with Gasteiger partial charge in [0.05, 0.1) is 0 Å². The zero-order valence-corrected chi connectivity index (χ0v) is 10.6. The Morgan fingerprint density at radius 1 is 1.44 bits per heavy atom. The number of nitrogens with zero attached hydrogens (tertiary/aromatic N) is 2. The lowest BCUT2D eigenvalue weighted by Gasteiger charge is -2.18. The number of aliphatic imine (C=N–C) groups is 1. The van der Waals surface area contributed by atoms with E-state index in [0.29, 0.717) is 13.0 Å². The van der Waals surface area contributed by atoms with Crippen molar-refractivity contribution in [2.45, 2.75) is 25.8 Å². The normalized spacial score (nSPS) is 18.0. The van der Waals surface area contributed by atoms with Gasteiger partial charge in [-0.1, -0.05) is 12.1 Å². The van der Waals surface area contributed by atoms with Crippen LogP contribution in [0, 0.1) is 0 Å². The number of rotatable bonds is 3. The molecule has 0 radical (unpaired) electrons. The molecule has 0 unspecified atom stereocenters. The number of phenols is 1. The topological polar surface area (TPSA) is 78.9 Å². The molecule has 1 heterocycles. The third-order valence-corrected chi connectivity index (χ3v) is 2.97. The monoisotopic (exact) mass is 247 g/mol. The smallest absolute Gasteiger partial charge is 0.256 e. The van der Waals surface area contributed by atoms with Crippen molar-refractivity contribution in [3.8, 4) is 5.75 Å². The Kier molecular flexibility index (Phi) is 2.98. The van der Waals surface area contributed by atoms with Crippen molar-refractivity contribution in [1.82, 2.24) is 4.90 Å². The van der Waals surface area contributed by atoms with Crippen LogP contribution in [0.1, 0.15) is 19.4 Å². The fourth-order valence-corrected chi connectivity index (χ4v) is 2.00. The maximum absolute atomic E-state index is 12.0. The maximum atomic E-state index is 12.0. The molecular weight excluding hydrogens is 230 g/mol. The van der Waals surface area contributed by atoms with E-state index in [2.05, 4.69) is 4.99 Å². The molecule has 0 aromatic heterocycles. The standard InChI is InChI=1S/C13H17N3O2/c1-13(2)11(18)16(12(14)15-13)7-6-9-4-3-5-10(17)8-9/h3-5,8,17H,6-7H2,1-2H3,(H2,14,15). The third-order valence-electron chi connectivity index (χ3n) is 2.97. The lowest BCUT2D eigenvalue weighted by molar-refractivity contribution is -0.130. The van der Waals surface area contributed by atoms with Crippen LogP contribution in [0.25, 0.3) is 0 Å². The van der Waals surface area contributed by atoms with E-state index in [1.165, 1.54) is 4.90 Å². The van der Waals surface area contributed by atoms with Gasteiger partial charge in [0, 0.05) is 6.54 Å². The van der Waals surface area contributed by atoms with Gasteiger partial charge in [0.25, 0.3) is 5.91 Å². The fourth-order valence-electron chi connectivity index (χ4n) is 2.00. The second-order valence-electron chi connectivity index (χ2n) is 4.91. The number of carbonyl (C=O) groups excluding carboxylic acids is 1. The Hall–Kier alpha value is -2.04. The van der Waals surface area contributed by atoms with Gasteiger partial charge >= 0.3 is 0 Å². The van der Waals surface area contributed by atoms with E-state index < -0.39 is 5.54 Å². The molecule has 2 rings (SSSR count). The number of phenolic OH excluding ortho intramolecular Hbond substituents is 1. The van der Waals surface area contributed by atoms with Crippen LogP contribution < -0.4 is 5.73 Å². The molecule has 5 nitrogen and oxygen atoms in total. The van der Waals surface area contributed by atoms with Crippen molar-refractivity contribution in [3.63, 3.8) is 0 Å². The highest BCUT2D eigenvalue weighted by Crippen LogP contribution is 2.21. The van der Waals surface area contributed by atoms with Crippen LogP contribution in [0.4, 0.5) is 0 Å². The summed E-state index contributed by atoms with van der Waals surface area (Å²) in [5.74, 6) is 0.410. The third kappa shape index (κ3) is 2.30. The van der Waals surface area contributed by atoms with Gasteiger partial charge < -0.3 is 10.8 Å². The Balaban J connectivity index is 2.04. The molecule has 5 heteroatoms. The maximum Gasteiger partial charge on any atom is 0.256 e. The number of benzene rings is 1. The van der Waals surface area contributed by atoms with E-state index in [1.54, 1.807) is 32.0 Å². The van der Waals surface area contributed by atoms with Crippen LogP contribution in [-0.4, -0.2) is 34.0 Å². The highest BCUT2D eigenvalue weighted by atomic mass is 16.3. The van der Waals surface area contributed by atoms with E-state index in [4.69, 9.17) is 5.73 Å². The number of hydrogen-bond donors (Lipinski definition) is 2. The van der Waals surface area contributed by atoms with E-state index in [-0.39, 0.29) is 17.6 Å². The molecule has 96 valence electrons. The van der Waals surface area contributed by atoms with Crippen molar-refractivity contribution >= 4 is 11.9 Å². The summed E-state index contributed by atoms with van der Waals surface area (Å²) in [6.45, 7) is 3.97. The van der Waals surface area contributed by atoms with Crippen molar-refractivity contribution in [3.05, 3.63) is 29.8 Å². The molecule has 0 aliphatic carbocycles. The van der Waals surface area contributed by atoms with Crippen molar-refractivity contribution < 1.29 is 9.90 Å². The molecule has 0 bridgehead atoms. The Morgan fingerprint density at radius 2 is 2.17 bits per heavy atom. The van der Waals surface area contributed by atoms with Crippen LogP contribution in [0.2, 0.25) is 0 Å². The first-order valence-corrected chi connectivity index (χ1v) is 5.85. The number of carbonyl (C=O) groups is 1. The number of hydrogen-bond acceptors (Lipinski definition) is 4. The summed E-state index contributed by atoms with van der Waals surface area (Å²) in [5, 5.41) is 9.36. The molecule has 0 fully saturated rings. The zero-order chi connectivity index (χ0) is 13.3. The van der Waals surface area contributed by atoms with Gasteiger partial charge in [-0.15, -0.1) is 0 Å². The highest BCUT2D eigenvalue weighted by molar-refractivity contribution is 6.06. The Labute approximate surface area is 106 Å². The van der Waals surface area contributed by atoms with Gasteiger partial charge in [0.15, 0.2) is 5.96 Å². The van der Waals surface area contributed by atoms with E-state index >= 15 is 0 Å². The minimum Gasteiger partial charge on any atom is -0.508 e. The number of amides is 1. The van der Waals surface area contributed by atoms with Gasteiger partial charge in [0.1, 0.15) is 11.3 Å². The van der Waals surface area contributed by atoms with E-state index in [0.717, 1.165) is 5.56 Å². The van der Waals surface area contributed by atoms with Crippen molar-refractivity contribution in [1.29, 1.82) is 0 Å². The second-order valence-corrected chi connectivity index (χ2v) is 4.91. The summed E-state index contributed by atoms with van der Waals surface area (Å²) in [7, 11) is 0. The average molecular weight is 247 g/mol. The van der Waals surface area contributed by atoms with Crippen LogP contribution in [0.15, 0.2) is 29.3 Å². The van der Waals surface area contributed by atoms with Crippen molar-refractivity contribution in [2.75, 3.05) is 6.54 Å². The van der Waals surface area contributed by atoms with Gasteiger partial charge in [-0.05, 0) is 38.0 Å². The first-order chi connectivity index (χ1) is 8.40. The van der Waals surface area contributed by atoms with Crippen LogP contribution >= 0.6 is 0 Å². The largest absolute Gasteiger partial charge is 0.508 e. The molecular formula is C13H17N3O2. The molecule has 18 heavy (non-hydrogen) atoms. The summed E-state index contributed by atoms with van der Waals surface area (Å²) >= 11 is 0. The fraction of sp³-hybridized carbons (Fsp3) is 0.385. The Bertz CT molecular complexity index is 509. The Morgan fingerprint density at radius 3 is 2.72 bits per heavy atom. The van der Waals surface area contributed by atoms with Gasteiger partial charge in [-0.2, -0.15) is 0 Å². The lowest BCUT2D eigenvalue weighted by Crippen LogP contribution is -2.42. The molecule has 1 aromatic rings. The lowest BCUT2D eigenvalue weighted by atomic mass is 10.1. The van der Waals surface area contributed by atoms with Crippen molar-refractivity contribution in [2.24, 2.45) is 10.7 Å². The molecule has 1 aliphatic rings. The van der Waals surface area contributed by atoms with Crippen LogP contribution in [0.5, 0.6) is 5.75 Å². The van der Waals surface area contributed by atoms with Gasteiger partial charge in [0.2, 0.25) is 0 Å². The molecule has 0 saturated heterocycles. The number of aromatic hydroxyl groups is 1. The summed E-state index contributed by atoms with van der Waals surface area (Å²) in [6.07, 6.45) is 0.631. The quantitative estimate of drug-likeness (QED) is 0.831. The minimum atomic E-state index is -0.761. The van der Waals surface area contributed by atoms with Crippen LogP contribution in [-0.2, 0) is 11.2 Å². The summed E-state index contributed by atoms with van der Waals surface area (Å²) in [6, 6.07) is 6.97. The van der Waals surface area contributed by atoms with Gasteiger partial charge in [-0.3, -0.25) is 9.69 Å². The molecule has 1 aliphatic heterocycles. The number of guanidine groups is 1. The molecule has 0 spiro atoms. The first-order valence-electron chi connectivity index (χ1n) is 5.85. The molecule has 1 aromatic carbocycles. The second kappa shape index (κ2) is 4.33. The SMILES string of the molecule is CC1(C)N=C(N)N(CCc2cccc(O)c2)C1=O. The number of nitrogens with two attached hydrogens (primary N) is 1. The molecule has 0 atom stereocenters. The molecule has 3 N–H and O–H groups in total. The summed E-state index contributed by atoms with van der Waals surface area (Å²) in [4.78, 5) is 17.6. The summed E-state index contributed by atoms with van der Waals surface area (Å²) < 4.78 is 0. The zero-order valence-electron chi connectivity index (χ0n) is 10.6. The van der Waals surface area contributed by atoms with Crippen LogP contribution in [0.3, 0.4) is 0 Å². The predicted octanol–water partition coefficient (Wildman–Crippen LogP) is 0.870. The van der Waals surface area contributed by atoms with Gasteiger partial charge in [-0.25, -0.2) is 4.99 Å². The average Bonchev–Trinajstić information content (AvgIpc) is 2.46. The predicted molar refractivity (Wildman–Crippen MR) is 69.2 cm³/mol. The molecule has 0 saturated carbocycles. The molecule has 1 amide bonds.